The van der Waals surface area contributed by atoms with Crippen LogP contribution in [0.25, 0.3) is 6.08 Å². The second kappa shape index (κ2) is 11.8. The number of ether oxygens (including phenoxy) is 1. The molecule has 0 saturated carbocycles. The normalized spacial score (nSPS) is 14.4. The molecule has 1 aliphatic heterocycles. The summed E-state index contributed by atoms with van der Waals surface area (Å²) in [6.45, 7) is 2.05. The Kier molecular flexibility index (Phi) is 8.24. The molecule has 1 aliphatic rings. The molecule has 10 heteroatoms. The van der Waals surface area contributed by atoms with Gasteiger partial charge in [0, 0.05) is 10.6 Å². The van der Waals surface area contributed by atoms with Crippen LogP contribution in [0.2, 0.25) is 5.02 Å². The lowest BCUT2D eigenvalue weighted by Crippen LogP contribution is -2.21. The number of halogens is 2. The molecule has 5 rings (SSSR count). The van der Waals surface area contributed by atoms with Crippen LogP contribution in [0.4, 0.5) is 5.69 Å². The van der Waals surface area contributed by atoms with Gasteiger partial charge in [-0.15, -0.1) is 0 Å². The van der Waals surface area contributed by atoms with Crippen molar-refractivity contribution in [2.45, 2.75) is 11.8 Å². The largest absolute Gasteiger partial charge is 0.490 e. The predicted molar refractivity (Wildman–Crippen MR) is 164 cm³/mol. The van der Waals surface area contributed by atoms with Gasteiger partial charge in [-0.1, -0.05) is 60.1 Å². The SMILES string of the molecule is CCOc1cc(/C=C2\C(=O)N(c3ccccc3)N=C2c2ccccc2)cc(I)c1OS(=O)(=O)c1ccc(Cl)cc1. The van der Waals surface area contributed by atoms with Gasteiger partial charge in [-0.25, -0.2) is 0 Å². The lowest BCUT2D eigenvalue weighted by Gasteiger charge is -2.15. The Morgan fingerprint density at radius 1 is 0.950 bits per heavy atom. The van der Waals surface area contributed by atoms with Crippen molar-refractivity contribution in [3.05, 3.63) is 122 Å². The lowest BCUT2D eigenvalue weighted by atomic mass is 10.00. The van der Waals surface area contributed by atoms with Gasteiger partial charge >= 0.3 is 10.1 Å². The van der Waals surface area contributed by atoms with E-state index in [0.29, 0.717) is 31.1 Å². The van der Waals surface area contributed by atoms with Crippen LogP contribution in [0.3, 0.4) is 0 Å². The smallest absolute Gasteiger partial charge is 0.339 e. The molecule has 1 amide bonds. The molecule has 0 unspecified atom stereocenters. The molecule has 40 heavy (non-hydrogen) atoms. The first kappa shape index (κ1) is 27.9. The Balaban J connectivity index is 1.56. The summed E-state index contributed by atoms with van der Waals surface area (Å²) >= 11 is 7.90. The van der Waals surface area contributed by atoms with Gasteiger partial charge in [-0.2, -0.15) is 18.5 Å². The minimum Gasteiger partial charge on any atom is -0.490 e. The zero-order valence-electron chi connectivity index (χ0n) is 21.1. The first-order valence-electron chi connectivity index (χ1n) is 12.2. The number of hydrogen-bond donors (Lipinski definition) is 0. The van der Waals surface area contributed by atoms with Crippen LogP contribution in [0, 0.1) is 3.57 Å². The van der Waals surface area contributed by atoms with Gasteiger partial charge in [-0.3, -0.25) is 4.79 Å². The number of para-hydroxylation sites is 1. The minimum atomic E-state index is -4.16. The average Bonchev–Trinajstić information content (AvgIpc) is 3.27. The van der Waals surface area contributed by atoms with Crippen molar-refractivity contribution in [3.8, 4) is 11.5 Å². The number of hydrazone groups is 1. The molecule has 0 N–H and O–H groups in total. The molecule has 1 heterocycles. The van der Waals surface area contributed by atoms with Crippen LogP contribution in [-0.4, -0.2) is 26.6 Å². The Morgan fingerprint density at radius 2 is 1.60 bits per heavy atom. The van der Waals surface area contributed by atoms with Crippen molar-refractivity contribution in [2.24, 2.45) is 5.10 Å². The lowest BCUT2D eigenvalue weighted by molar-refractivity contribution is -0.114. The third kappa shape index (κ3) is 5.91. The van der Waals surface area contributed by atoms with E-state index in [1.54, 1.807) is 25.1 Å². The first-order chi connectivity index (χ1) is 19.3. The monoisotopic (exact) mass is 684 g/mol. The molecule has 0 aromatic heterocycles. The van der Waals surface area contributed by atoms with Crippen LogP contribution in [-0.2, 0) is 14.9 Å². The topological polar surface area (TPSA) is 85.3 Å². The summed E-state index contributed by atoms with van der Waals surface area (Å²) in [5.41, 5.74) is 2.95. The van der Waals surface area contributed by atoms with E-state index >= 15 is 0 Å². The van der Waals surface area contributed by atoms with Crippen LogP contribution < -0.4 is 13.9 Å². The zero-order valence-corrected chi connectivity index (χ0v) is 24.9. The molecule has 7 nitrogen and oxygen atoms in total. The van der Waals surface area contributed by atoms with Gasteiger partial charge in [0.1, 0.15) is 10.6 Å². The number of carbonyl (C=O) groups is 1. The molecule has 4 aromatic carbocycles. The molecule has 0 atom stereocenters. The van der Waals surface area contributed by atoms with E-state index in [4.69, 9.17) is 20.5 Å². The fourth-order valence-electron chi connectivity index (χ4n) is 4.04. The van der Waals surface area contributed by atoms with Crippen LogP contribution >= 0.6 is 34.2 Å². The summed E-state index contributed by atoms with van der Waals surface area (Å²) in [7, 11) is -4.16. The fourth-order valence-corrected chi connectivity index (χ4v) is 6.01. The van der Waals surface area contributed by atoms with E-state index in [2.05, 4.69) is 5.10 Å². The molecule has 0 bridgehead atoms. The minimum absolute atomic E-state index is 0.0392. The molecule has 202 valence electrons. The molecular weight excluding hydrogens is 663 g/mol. The summed E-state index contributed by atoms with van der Waals surface area (Å²) in [6.07, 6.45) is 1.72. The number of anilines is 1. The number of carbonyl (C=O) groups excluding carboxylic acids is 1. The number of rotatable bonds is 8. The van der Waals surface area contributed by atoms with Gasteiger partial charge in [0.25, 0.3) is 5.91 Å². The van der Waals surface area contributed by atoms with E-state index in [1.165, 1.54) is 29.3 Å². The summed E-state index contributed by atoms with van der Waals surface area (Å²) in [4.78, 5) is 13.6. The molecule has 4 aromatic rings. The van der Waals surface area contributed by atoms with E-state index < -0.39 is 10.1 Å². The van der Waals surface area contributed by atoms with Crippen molar-refractivity contribution in [2.75, 3.05) is 11.6 Å². The van der Waals surface area contributed by atoms with Crippen molar-refractivity contribution in [3.63, 3.8) is 0 Å². The van der Waals surface area contributed by atoms with Crippen LogP contribution in [0.5, 0.6) is 11.5 Å². The van der Waals surface area contributed by atoms with Crippen LogP contribution in [0.15, 0.2) is 113 Å². The first-order valence-corrected chi connectivity index (χ1v) is 15.1. The summed E-state index contributed by atoms with van der Waals surface area (Å²) in [5.74, 6) is -0.00817. The molecule has 0 spiro atoms. The number of amides is 1. The Labute approximate surface area is 251 Å². The number of nitrogens with zero attached hydrogens (tertiary/aromatic N) is 2. The molecule has 0 saturated heterocycles. The molecule has 0 radical (unpaired) electrons. The van der Waals surface area contributed by atoms with Crippen molar-refractivity contribution < 1.29 is 22.1 Å². The van der Waals surface area contributed by atoms with Gasteiger partial charge in [0.2, 0.25) is 0 Å². The molecular formula is C30H22ClIN2O5S. The highest BCUT2D eigenvalue weighted by molar-refractivity contribution is 14.1. The number of hydrogen-bond acceptors (Lipinski definition) is 6. The second-order valence-electron chi connectivity index (χ2n) is 8.58. The standard InChI is InChI=1S/C30H22ClIN2O5S/c1-2-38-27-19-20(18-26(32)29(27)39-40(36,37)24-15-13-22(31)14-16-24)17-25-28(21-9-5-3-6-10-21)33-34(30(25)35)23-11-7-4-8-12-23/h3-19H,2H2,1H3/b25-17-. The third-order valence-electron chi connectivity index (χ3n) is 5.86. The van der Waals surface area contributed by atoms with E-state index in [0.717, 1.165) is 5.56 Å². The zero-order chi connectivity index (χ0) is 28.3. The van der Waals surface area contributed by atoms with Gasteiger partial charge in [0.05, 0.1) is 21.4 Å². The highest BCUT2D eigenvalue weighted by Gasteiger charge is 2.32. The predicted octanol–water partition coefficient (Wildman–Crippen LogP) is 6.95. The van der Waals surface area contributed by atoms with Gasteiger partial charge in [-0.05, 0) is 89.7 Å². The summed E-state index contributed by atoms with van der Waals surface area (Å²) < 4.78 is 37.8. The summed E-state index contributed by atoms with van der Waals surface area (Å²) in [5, 5.41) is 6.44. The highest BCUT2D eigenvalue weighted by atomic mass is 127. The van der Waals surface area contributed by atoms with Crippen molar-refractivity contribution >= 4 is 67.7 Å². The maximum atomic E-state index is 13.6. The second-order valence-corrected chi connectivity index (χ2v) is 11.7. The van der Waals surface area contributed by atoms with E-state index in [1.807, 2.05) is 83.3 Å². The Morgan fingerprint density at radius 3 is 2.25 bits per heavy atom. The maximum Gasteiger partial charge on any atom is 0.339 e. The molecule has 0 aliphatic carbocycles. The van der Waals surface area contributed by atoms with Gasteiger partial charge in [0.15, 0.2) is 11.5 Å². The average molecular weight is 685 g/mol. The Hall–Kier alpha value is -3.67. The van der Waals surface area contributed by atoms with E-state index in [-0.39, 0.29) is 28.9 Å². The van der Waals surface area contributed by atoms with Crippen molar-refractivity contribution in [1.82, 2.24) is 0 Å². The Bertz CT molecular complexity index is 1730. The van der Waals surface area contributed by atoms with Gasteiger partial charge < -0.3 is 8.92 Å². The maximum absolute atomic E-state index is 13.6. The number of benzene rings is 4. The molecule has 0 fully saturated rings. The fraction of sp³-hybridized carbons (Fsp3) is 0.0667. The summed E-state index contributed by atoms with van der Waals surface area (Å²) in [6, 6.07) is 27.7. The van der Waals surface area contributed by atoms with E-state index in [9.17, 15) is 13.2 Å². The van der Waals surface area contributed by atoms with Crippen molar-refractivity contribution in [1.29, 1.82) is 0 Å². The highest BCUT2D eigenvalue weighted by Crippen LogP contribution is 2.38. The van der Waals surface area contributed by atoms with Crippen LogP contribution in [0.1, 0.15) is 18.1 Å². The quantitative estimate of drug-likeness (QED) is 0.114. The third-order valence-corrected chi connectivity index (χ3v) is 8.15.